The van der Waals surface area contributed by atoms with Gasteiger partial charge in [0.2, 0.25) is 0 Å². The second kappa shape index (κ2) is 5.83. The summed E-state index contributed by atoms with van der Waals surface area (Å²) in [6.45, 7) is 1.67. The number of fused-ring (bicyclic) bond motifs is 3. The van der Waals surface area contributed by atoms with E-state index < -0.39 is 0 Å². The normalized spacial score (nSPS) is 17.9. The van der Waals surface area contributed by atoms with Crippen molar-refractivity contribution in [3.05, 3.63) is 82.8 Å². The molecule has 4 heterocycles. The SMILES string of the molecule is Clc1ccc2[nH]c3c(c2c1)CCN(Cc1ccco1)C3c1ccco1. The molecule has 1 unspecified atom stereocenters. The zero-order chi connectivity index (χ0) is 16.8. The number of hydrogen-bond acceptors (Lipinski definition) is 3. The molecule has 0 saturated heterocycles. The van der Waals surface area contributed by atoms with Crippen LogP contribution in [0.2, 0.25) is 5.02 Å². The third-order valence-corrected chi connectivity index (χ3v) is 5.18. The first kappa shape index (κ1) is 14.9. The molecule has 1 aliphatic rings. The van der Waals surface area contributed by atoms with Gasteiger partial charge >= 0.3 is 0 Å². The van der Waals surface area contributed by atoms with Crippen LogP contribution in [0, 0.1) is 0 Å². The molecular weight excluding hydrogens is 336 g/mol. The van der Waals surface area contributed by atoms with Gasteiger partial charge in [-0.3, -0.25) is 4.90 Å². The van der Waals surface area contributed by atoms with Gasteiger partial charge in [0, 0.05) is 28.2 Å². The number of aromatic nitrogens is 1. The summed E-state index contributed by atoms with van der Waals surface area (Å²) in [7, 11) is 0. The highest BCUT2D eigenvalue weighted by atomic mass is 35.5. The van der Waals surface area contributed by atoms with E-state index in [1.54, 1.807) is 12.5 Å². The average molecular weight is 353 g/mol. The molecule has 3 aromatic heterocycles. The number of nitrogens with one attached hydrogen (secondary N) is 1. The maximum atomic E-state index is 6.22. The molecule has 0 spiro atoms. The lowest BCUT2D eigenvalue weighted by atomic mass is 9.95. The fraction of sp³-hybridized carbons (Fsp3) is 0.200. The summed E-state index contributed by atoms with van der Waals surface area (Å²) in [6.07, 6.45) is 4.42. The number of hydrogen-bond donors (Lipinski definition) is 1. The van der Waals surface area contributed by atoms with Crippen LogP contribution < -0.4 is 0 Å². The Labute approximate surface area is 150 Å². The van der Waals surface area contributed by atoms with Crippen LogP contribution in [-0.4, -0.2) is 16.4 Å². The fourth-order valence-corrected chi connectivity index (χ4v) is 4.02. The van der Waals surface area contributed by atoms with Crippen molar-refractivity contribution in [1.29, 1.82) is 0 Å². The van der Waals surface area contributed by atoms with Crippen LogP contribution in [0.4, 0.5) is 0 Å². The van der Waals surface area contributed by atoms with Crippen molar-refractivity contribution in [1.82, 2.24) is 9.88 Å². The minimum Gasteiger partial charge on any atom is -0.468 e. The van der Waals surface area contributed by atoms with Gasteiger partial charge in [0.1, 0.15) is 17.6 Å². The van der Waals surface area contributed by atoms with E-state index in [2.05, 4.69) is 9.88 Å². The van der Waals surface area contributed by atoms with Gasteiger partial charge in [0.25, 0.3) is 0 Å². The molecule has 0 amide bonds. The van der Waals surface area contributed by atoms with Crippen LogP contribution in [0.25, 0.3) is 10.9 Å². The molecular formula is C20H17ClN2O2. The summed E-state index contributed by atoms with van der Waals surface area (Å²) in [6, 6.07) is 14.0. The second-order valence-electron chi connectivity index (χ2n) is 6.42. The van der Waals surface area contributed by atoms with Crippen molar-refractivity contribution < 1.29 is 8.83 Å². The van der Waals surface area contributed by atoms with Crippen LogP contribution in [0.5, 0.6) is 0 Å². The van der Waals surface area contributed by atoms with Gasteiger partial charge in [-0.05, 0) is 54.4 Å². The second-order valence-corrected chi connectivity index (χ2v) is 6.86. The van der Waals surface area contributed by atoms with Gasteiger partial charge in [-0.1, -0.05) is 11.6 Å². The molecule has 0 aliphatic carbocycles. The van der Waals surface area contributed by atoms with Crippen molar-refractivity contribution in [2.45, 2.75) is 19.0 Å². The number of benzene rings is 1. The predicted octanol–water partition coefficient (Wildman–Crippen LogP) is 5.16. The van der Waals surface area contributed by atoms with E-state index >= 15 is 0 Å². The Bertz CT molecular complexity index is 1000. The van der Waals surface area contributed by atoms with E-state index in [1.165, 1.54) is 16.6 Å². The number of H-pyrrole nitrogens is 1. The van der Waals surface area contributed by atoms with E-state index in [0.29, 0.717) is 0 Å². The Morgan fingerprint density at radius 2 is 2.00 bits per heavy atom. The molecule has 5 rings (SSSR count). The monoisotopic (exact) mass is 352 g/mol. The van der Waals surface area contributed by atoms with Crippen LogP contribution in [0.15, 0.2) is 63.8 Å². The molecule has 0 bridgehead atoms. The average Bonchev–Trinajstić information content (AvgIpc) is 3.35. The summed E-state index contributed by atoms with van der Waals surface area (Å²) < 4.78 is 11.3. The zero-order valence-electron chi connectivity index (χ0n) is 13.5. The van der Waals surface area contributed by atoms with Gasteiger partial charge in [0.05, 0.1) is 19.1 Å². The van der Waals surface area contributed by atoms with Crippen molar-refractivity contribution >= 4 is 22.5 Å². The molecule has 0 fully saturated rings. The summed E-state index contributed by atoms with van der Waals surface area (Å²) in [5, 5.41) is 1.97. The molecule has 1 aliphatic heterocycles. The molecule has 1 atom stereocenters. The van der Waals surface area contributed by atoms with Crippen molar-refractivity contribution in [3.63, 3.8) is 0 Å². The predicted molar refractivity (Wildman–Crippen MR) is 96.7 cm³/mol. The minimum absolute atomic E-state index is 0.0371. The van der Waals surface area contributed by atoms with Gasteiger partial charge in [-0.2, -0.15) is 0 Å². The number of aromatic amines is 1. The van der Waals surface area contributed by atoms with Crippen molar-refractivity contribution in [2.75, 3.05) is 6.54 Å². The quantitative estimate of drug-likeness (QED) is 0.554. The van der Waals surface area contributed by atoms with E-state index in [1.807, 2.05) is 42.5 Å². The summed E-state index contributed by atoms with van der Waals surface area (Å²) in [4.78, 5) is 5.99. The summed E-state index contributed by atoms with van der Waals surface area (Å²) in [5.41, 5.74) is 3.63. The Morgan fingerprint density at radius 3 is 2.80 bits per heavy atom. The number of nitrogens with zero attached hydrogens (tertiary/aromatic N) is 1. The first-order valence-corrected chi connectivity index (χ1v) is 8.77. The molecule has 0 saturated carbocycles. The highest BCUT2D eigenvalue weighted by Gasteiger charge is 2.33. The van der Waals surface area contributed by atoms with Crippen LogP contribution >= 0.6 is 11.6 Å². The Balaban J connectivity index is 1.64. The first-order chi connectivity index (χ1) is 12.3. The number of halogens is 1. The Morgan fingerprint density at radius 1 is 1.12 bits per heavy atom. The zero-order valence-corrected chi connectivity index (χ0v) is 14.3. The topological polar surface area (TPSA) is 45.3 Å². The van der Waals surface area contributed by atoms with Gasteiger partial charge in [-0.25, -0.2) is 0 Å². The van der Waals surface area contributed by atoms with Crippen molar-refractivity contribution in [3.8, 4) is 0 Å². The van der Waals surface area contributed by atoms with Gasteiger partial charge < -0.3 is 13.8 Å². The number of rotatable bonds is 3. The summed E-state index contributed by atoms with van der Waals surface area (Å²) in [5.74, 6) is 1.89. The lowest BCUT2D eigenvalue weighted by molar-refractivity contribution is 0.168. The highest BCUT2D eigenvalue weighted by Crippen LogP contribution is 2.39. The third kappa shape index (κ3) is 2.49. The molecule has 5 heteroatoms. The molecule has 126 valence electrons. The van der Waals surface area contributed by atoms with Crippen LogP contribution in [0.3, 0.4) is 0 Å². The van der Waals surface area contributed by atoms with E-state index in [9.17, 15) is 0 Å². The minimum atomic E-state index is 0.0371. The van der Waals surface area contributed by atoms with Crippen LogP contribution in [-0.2, 0) is 13.0 Å². The molecule has 25 heavy (non-hydrogen) atoms. The molecule has 0 radical (unpaired) electrons. The van der Waals surface area contributed by atoms with Crippen LogP contribution in [0.1, 0.15) is 28.8 Å². The maximum absolute atomic E-state index is 6.22. The largest absolute Gasteiger partial charge is 0.468 e. The van der Waals surface area contributed by atoms with E-state index in [4.69, 9.17) is 20.4 Å². The molecule has 1 aromatic carbocycles. The Hall–Kier alpha value is -2.43. The van der Waals surface area contributed by atoms with E-state index in [-0.39, 0.29) is 6.04 Å². The molecule has 4 aromatic rings. The van der Waals surface area contributed by atoms with E-state index in [0.717, 1.165) is 41.6 Å². The summed E-state index contributed by atoms with van der Waals surface area (Å²) >= 11 is 6.22. The molecule has 4 nitrogen and oxygen atoms in total. The maximum Gasteiger partial charge on any atom is 0.126 e. The lowest BCUT2D eigenvalue weighted by Gasteiger charge is -2.34. The number of furan rings is 2. The first-order valence-electron chi connectivity index (χ1n) is 8.39. The third-order valence-electron chi connectivity index (χ3n) is 4.94. The van der Waals surface area contributed by atoms with Gasteiger partial charge in [0.15, 0.2) is 0 Å². The molecule has 1 N–H and O–H groups in total. The fourth-order valence-electron chi connectivity index (χ4n) is 3.85. The standard InChI is InChI=1S/C20H17ClN2O2/c21-13-5-6-17-16(11-13)15-7-8-23(12-14-3-1-9-24-14)20(19(15)22-17)18-4-2-10-25-18/h1-6,9-11,20,22H,7-8,12H2. The Kier molecular flexibility index (Phi) is 3.47. The lowest BCUT2D eigenvalue weighted by Crippen LogP contribution is -2.35. The smallest absolute Gasteiger partial charge is 0.126 e. The highest BCUT2D eigenvalue weighted by molar-refractivity contribution is 6.31. The van der Waals surface area contributed by atoms with Gasteiger partial charge in [-0.15, -0.1) is 0 Å². The van der Waals surface area contributed by atoms with Crippen molar-refractivity contribution in [2.24, 2.45) is 0 Å².